The third-order valence-electron chi connectivity index (χ3n) is 6.30. The van der Waals surface area contributed by atoms with Crippen LogP contribution in [0.15, 0.2) is 53.4 Å². The molecule has 1 amide bonds. The number of piperazine rings is 1. The van der Waals surface area contributed by atoms with Crippen molar-refractivity contribution in [1.29, 1.82) is 0 Å². The molecular weight excluding hydrogens is 406 g/mol. The molecule has 0 aliphatic carbocycles. The summed E-state index contributed by atoms with van der Waals surface area (Å²) >= 11 is 1.87. The van der Waals surface area contributed by atoms with E-state index in [1.807, 2.05) is 30.0 Å². The van der Waals surface area contributed by atoms with E-state index in [2.05, 4.69) is 52.0 Å². The van der Waals surface area contributed by atoms with Gasteiger partial charge in [-0.25, -0.2) is 0 Å². The number of amides is 1. The van der Waals surface area contributed by atoms with Crippen molar-refractivity contribution < 1.29 is 9.53 Å². The van der Waals surface area contributed by atoms with Crippen LogP contribution in [0.2, 0.25) is 0 Å². The van der Waals surface area contributed by atoms with Gasteiger partial charge in [-0.05, 0) is 43.2 Å². The van der Waals surface area contributed by atoms with Crippen LogP contribution < -0.4 is 9.64 Å². The maximum Gasteiger partial charge on any atom is 0.228 e. The highest BCUT2D eigenvalue weighted by molar-refractivity contribution is 7.99. The minimum atomic E-state index is 0.253. The smallest absolute Gasteiger partial charge is 0.228 e. The van der Waals surface area contributed by atoms with Crippen molar-refractivity contribution in [3.63, 3.8) is 0 Å². The molecule has 5 nitrogen and oxygen atoms in total. The van der Waals surface area contributed by atoms with Crippen LogP contribution in [0.25, 0.3) is 0 Å². The Kier molecular flexibility index (Phi) is 7.54. The van der Waals surface area contributed by atoms with E-state index >= 15 is 0 Å². The van der Waals surface area contributed by atoms with E-state index in [1.165, 1.54) is 10.5 Å². The number of methoxy groups -OCH3 is 1. The molecule has 0 radical (unpaired) electrons. The standard InChI is InChI=1S/C25H33N3O2S/c1-20-12-18-31-24-6-4-3-5-23(24)28(20)25(29)11-13-26-14-16-27(17-15-26)19-21-7-9-22(30-2)10-8-21/h3-10,20H,11-19H2,1-2H3. The number of ether oxygens (including phenoxy) is 1. The number of rotatable bonds is 6. The molecule has 4 rings (SSSR count). The molecule has 0 bridgehead atoms. The number of para-hydroxylation sites is 1. The Labute approximate surface area is 190 Å². The van der Waals surface area contributed by atoms with Crippen molar-refractivity contribution in [3.05, 3.63) is 54.1 Å². The molecule has 6 heteroatoms. The number of fused-ring (bicyclic) bond motifs is 1. The van der Waals surface area contributed by atoms with E-state index in [-0.39, 0.29) is 11.9 Å². The SMILES string of the molecule is COc1ccc(CN2CCN(CCC(=O)N3c4ccccc4SCCC3C)CC2)cc1. The van der Waals surface area contributed by atoms with Gasteiger partial charge in [0.1, 0.15) is 5.75 Å². The largest absolute Gasteiger partial charge is 0.497 e. The van der Waals surface area contributed by atoms with E-state index in [1.54, 1.807) is 7.11 Å². The van der Waals surface area contributed by atoms with Gasteiger partial charge in [0.15, 0.2) is 0 Å². The maximum absolute atomic E-state index is 13.2. The second-order valence-corrected chi connectivity index (χ2v) is 9.57. The Hall–Kier alpha value is -2.02. The molecule has 1 fully saturated rings. The van der Waals surface area contributed by atoms with Gasteiger partial charge in [-0.3, -0.25) is 9.69 Å². The number of benzene rings is 2. The van der Waals surface area contributed by atoms with Crippen molar-refractivity contribution in [3.8, 4) is 5.75 Å². The van der Waals surface area contributed by atoms with Gasteiger partial charge in [0.05, 0.1) is 12.8 Å². The second kappa shape index (κ2) is 10.5. The monoisotopic (exact) mass is 439 g/mol. The predicted octanol–water partition coefficient (Wildman–Crippen LogP) is 4.12. The molecule has 2 aromatic rings. The molecular formula is C25H33N3O2S. The van der Waals surface area contributed by atoms with E-state index < -0.39 is 0 Å². The Morgan fingerprint density at radius 1 is 1.03 bits per heavy atom. The number of hydrogen-bond donors (Lipinski definition) is 0. The van der Waals surface area contributed by atoms with Gasteiger partial charge in [-0.15, -0.1) is 11.8 Å². The van der Waals surface area contributed by atoms with Crippen molar-refractivity contribution in [1.82, 2.24) is 9.80 Å². The van der Waals surface area contributed by atoms with Gasteiger partial charge >= 0.3 is 0 Å². The second-order valence-electron chi connectivity index (χ2n) is 8.43. The van der Waals surface area contributed by atoms with E-state index in [0.717, 1.165) is 62.9 Å². The summed E-state index contributed by atoms with van der Waals surface area (Å²) in [5.74, 6) is 2.22. The number of carbonyl (C=O) groups is 1. The summed E-state index contributed by atoms with van der Waals surface area (Å²) < 4.78 is 5.24. The molecule has 2 aliphatic heterocycles. The van der Waals surface area contributed by atoms with Crippen LogP contribution in [0, 0.1) is 0 Å². The first kappa shape index (κ1) is 22.2. The summed E-state index contributed by atoms with van der Waals surface area (Å²) in [6, 6.07) is 16.9. The van der Waals surface area contributed by atoms with Crippen LogP contribution in [0.4, 0.5) is 5.69 Å². The topological polar surface area (TPSA) is 36.0 Å². The fourth-order valence-corrected chi connectivity index (χ4v) is 5.57. The maximum atomic E-state index is 13.2. The van der Waals surface area contributed by atoms with Gasteiger partial charge in [0, 0.05) is 62.4 Å². The molecule has 1 saturated heterocycles. The number of carbonyl (C=O) groups excluding carboxylic acids is 1. The third-order valence-corrected chi connectivity index (χ3v) is 7.40. The Morgan fingerprint density at radius 3 is 2.48 bits per heavy atom. The van der Waals surface area contributed by atoms with Crippen LogP contribution in [-0.2, 0) is 11.3 Å². The summed E-state index contributed by atoms with van der Waals surface area (Å²) in [4.78, 5) is 21.4. The molecule has 166 valence electrons. The molecule has 2 aliphatic rings. The number of anilines is 1. The molecule has 0 spiro atoms. The average Bonchev–Trinajstić information content (AvgIpc) is 2.97. The first-order chi connectivity index (χ1) is 15.1. The Balaban J connectivity index is 1.27. The van der Waals surface area contributed by atoms with Crippen molar-refractivity contribution in [2.45, 2.75) is 37.2 Å². The van der Waals surface area contributed by atoms with Gasteiger partial charge in [0.25, 0.3) is 0 Å². The first-order valence-corrected chi connectivity index (χ1v) is 12.2. The predicted molar refractivity (Wildman–Crippen MR) is 128 cm³/mol. The average molecular weight is 440 g/mol. The van der Waals surface area contributed by atoms with Gasteiger partial charge in [-0.2, -0.15) is 0 Å². The highest BCUT2D eigenvalue weighted by Gasteiger charge is 2.27. The minimum absolute atomic E-state index is 0.253. The number of hydrogen-bond acceptors (Lipinski definition) is 5. The van der Waals surface area contributed by atoms with Crippen LogP contribution in [0.5, 0.6) is 5.75 Å². The summed E-state index contributed by atoms with van der Waals surface area (Å²) in [6.07, 6.45) is 1.62. The lowest BCUT2D eigenvalue weighted by molar-refractivity contribution is -0.119. The van der Waals surface area contributed by atoms with Crippen molar-refractivity contribution in [2.24, 2.45) is 0 Å². The van der Waals surface area contributed by atoms with Gasteiger partial charge in [0.2, 0.25) is 5.91 Å². The Bertz CT molecular complexity index is 865. The van der Waals surface area contributed by atoms with Crippen molar-refractivity contribution >= 4 is 23.4 Å². The molecule has 2 aromatic carbocycles. The molecule has 1 unspecified atom stereocenters. The minimum Gasteiger partial charge on any atom is -0.497 e. The van der Waals surface area contributed by atoms with Crippen LogP contribution in [0.1, 0.15) is 25.3 Å². The normalized spacial score (nSPS) is 20.2. The highest BCUT2D eigenvalue weighted by atomic mass is 32.2. The third kappa shape index (κ3) is 5.62. The lowest BCUT2D eigenvalue weighted by Crippen LogP contribution is -2.47. The molecule has 31 heavy (non-hydrogen) atoms. The van der Waals surface area contributed by atoms with Crippen molar-refractivity contribution in [2.75, 3.05) is 50.5 Å². The summed E-state index contributed by atoms with van der Waals surface area (Å²) in [6.45, 7) is 8.11. The lowest BCUT2D eigenvalue weighted by atomic mass is 10.1. The van der Waals surface area contributed by atoms with Gasteiger partial charge < -0.3 is 14.5 Å². The van der Waals surface area contributed by atoms with E-state index in [0.29, 0.717) is 6.42 Å². The molecule has 0 aromatic heterocycles. The summed E-state index contributed by atoms with van der Waals surface area (Å²) in [7, 11) is 1.70. The summed E-state index contributed by atoms with van der Waals surface area (Å²) in [5.41, 5.74) is 2.41. The highest BCUT2D eigenvalue weighted by Crippen LogP contribution is 2.36. The first-order valence-electron chi connectivity index (χ1n) is 11.3. The molecule has 2 heterocycles. The quantitative estimate of drug-likeness (QED) is 0.677. The number of thioether (sulfide) groups is 1. The molecule has 0 N–H and O–H groups in total. The van der Waals surface area contributed by atoms with Crippen LogP contribution >= 0.6 is 11.8 Å². The van der Waals surface area contributed by atoms with Crippen LogP contribution in [-0.4, -0.2) is 67.3 Å². The zero-order valence-electron chi connectivity index (χ0n) is 18.6. The molecule has 1 atom stereocenters. The van der Waals surface area contributed by atoms with Gasteiger partial charge in [-0.1, -0.05) is 24.3 Å². The Morgan fingerprint density at radius 2 is 1.74 bits per heavy atom. The fourth-order valence-electron chi connectivity index (χ4n) is 4.40. The van der Waals surface area contributed by atoms with E-state index in [9.17, 15) is 4.79 Å². The zero-order valence-corrected chi connectivity index (χ0v) is 19.4. The zero-order chi connectivity index (χ0) is 21.6. The lowest BCUT2D eigenvalue weighted by Gasteiger charge is -2.35. The van der Waals surface area contributed by atoms with Crippen LogP contribution in [0.3, 0.4) is 0 Å². The summed E-state index contributed by atoms with van der Waals surface area (Å²) in [5, 5.41) is 0. The fraction of sp³-hybridized carbons (Fsp3) is 0.480. The van der Waals surface area contributed by atoms with E-state index in [4.69, 9.17) is 4.74 Å². The number of nitrogens with zero attached hydrogens (tertiary/aromatic N) is 3. The molecule has 0 saturated carbocycles.